The van der Waals surface area contributed by atoms with Crippen LogP contribution in [0.3, 0.4) is 0 Å². The van der Waals surface area contributed by atoms with Gasteiger partial charge < -0.3 is 4.74 Å². The summed E-state index contributed by atoms with van der Waals surface area (Å²) in [6.45, 7) is 5.92. The molecule has 0 aliphatic carbocycles. The van der Waals surface area contributed by atoms with E-state index < -0.39 is 0 Å². The lowest BCUT2D eigenvalue weighted by molar-refractivity contribution is -0.125. The Bertz CT molecular complexity index is 790. The van der Waals surface area contributed by atoms with Crippen LogP contribution in [-0.4, -0.2) is 54.4 Å². The van der Waals surface area contributed by atoms with E-state index in [4.69, 9.17) is 4.74 Å². The van der Waals surface area contributed by atoms with Gasteiger partial charge >= 0.3 is 0 Å². The molecular weight excluding hydrogens is 348 g/mol. The van der Waals surface area contributed by atoms with Crippen LogP contribution in [0.1, 0.15) is 36.8 Å². The van der Waals surface area contributed by atoms with Crippen LogP contribution in [0.2, 0.25) is 0 Å². The summed E-state index contributed by atoms with van der Waals surface area (Å²) >= 11 is 0. The molecule has 148 valence electrons. The smallest absolute Gasteiger partial charge is 0.151 e. The average molecular weight is 379 g/mol. The molecule has 3 heterocycles. The van der Waals surface area contributed by atoms with E-state index in [9.17, 15) is 4.79 Å². The Hall–Kier alpha value is -2.17. The van der Waals surface area contributed by atoms with Gasteiger partial charge in [0.25, 0.3) is 0 Å². The number of ether oxygens (including phenoxy) is 1. The van der Waals surface area contributed by atoms with Crippen LogP contribution in [0.25, 0.3) is 0 Å². The molecule has 3 fully saturated rings. The Balaban J connectivity index is 1.60. The highest BCUT2D eigenvalue weighted by Gasteiger charge is 2.45. The number of hydrogen-bond acceptors (Lipinski definition) is 4. The number of Topliss-reactive ketones (excluding diaryl/α,β-unsaturated/α-hetero) is 1. The Morgan fingerprint density at radius 2 is 1.75 bits per heavy atom. The number of fused-ring (bicyclic) bond motifs is 4. The standard InChI is InChI=1S/C24H30N2O2/c1-3-13-25-17-23-24(27)14-21(19-7-5-4-6-8-19)22(25)16-26(23)15-18-9-11-20(28-2)12-10-18/h4-12,21-23H,3,13-17H2,1-2H3/t21-,22?,23?/m0/s1. The Morgan fingerprint density at radius 1 is 1.00 bits per heavy atom. The molecule has 0 spiro atoms. The van der Waals surface area contributed by atoms with Gasteiger partial charge in [-0.2, -0.15) is 0 Å². The lowest BCUT2D eigenvalue weighted by atomic mass is 9.87. The molecule has 0 radical (unpaired) electrons. The zero-order chi connectivity index (χ0) is 19.5. The highest BCUT2D eigenvalue weighted by Crippen LogP contribution is 2.37. The monoisotopic (exact) mass is 378 g/mol. The van der Waals surface area contributed by atoms with Gasteiger partial charge in [0, 0.05) is 38.0 Å². The van der Waals surface area contributed by atoms with Gasteiger partial charge in [-0.05, 0) is 36.2 Å². The molecule has 28 heavy (non-hydrogen) atoms. The SMILES string of the molecule is CCCN1CC2C(=O)C[C@@H](c3ccccc3)C1CN2Cc1ccc(OC)cc1. The first-order valence-electron chi connectivity index (χ1n) is 10.4. The fourth-order valence-electron chi connectivity index (χ4n) is 4.86. The number of nitrogens with zero attached hydrogens (tertiary/aromatic N) is 2. The molecule has 3 aliphatic heterocycles. The van der Waals surface area contributed by atoms with Gasteiger partial charge in [-0.15, -0.1) is 0 Å². The molecular formula is C24H30N2O2. The number of hydrogen-bond donors (Lipinski definition) is 0. The van der Waals surface area contributed by atoms with Crippen LogP contribution in [0.5, 0.6) is 5.75 Å². The normalized spacial score (nSPS) is 25.6. The van der Waals surface area contributed by atoms with Crippen molar-refractivity contribution in [3.63, 3.8) is 0 Å². The van der Waals surface area contributed by atoms with Gasteiger partial charge in [-0.25, -0.2) is 0 Å². The molecule has 0 aromatic heterocycles. The minimum Gasteiger partial charge on any atom is -0.497 e. The van der Waals surface area contributed by atoms with E-state index in [1.165, 1.54) is 11.1 Å². The predicted octanol–water partition coefficient (Wildman–Crippen LogP) is 3.72. The highest BCUT2D eigenvalue weighted by molar-refractivity contribution is 5.86. The third kappa shape index (κ3) is 3.85. The fourth-order valence-corrected chi connectivity index (χ4v) is 4.86. The second kappa shape index (κ2) is 8.46. The average Bonchev–Trinajstić information content (AvgIpc) is 2.95. The molecule has 0 saturated carbocycles. The molecule has 3 saturated heterocycles. The van der Waals surface area contributed by atoms with Crippen molar-refractivity contribution < 1.29 is 9.53 Å². The molecule has 2 aromatic carbocycles. The van der Waals surface area contributed by atoms with Crippen LogP contribution in [-0.2, 0) is 11.3 Å². The van der Waals surface area contributed by atoms with Crippen molar-refractivity contribution in [1.29, 1.82) is 0 Å². The van der Waals surface area contributed by atoms with E-state index in [2.05, 4.69) is 59.2 Å². The number of ketones is 1. The summed E-state index contributed by atoms with van der Waals surface area (Å²) in [7, 11) is 1.69. The van der Waals surface area contributed by atoms with E-state index in [0.29, 0.717) is 18.2 Å². The zero-order valence-electron chi connectivity index (χ0n) is 16.9. The van der Waals surface area contributed by atoms with Gasteiger partial charge in [-0.1, -0.05) is 49.4 Å². The molecule has 5 rings (SSSR count). The molecule has 4 nitrogen and oxygen atoms in total. The lowest BCUT2D eigenvalue weighted by Crippen LogP contribution is -2.58. The minimum atomic E-state index is -0.00128. The first-order valence-corrected chi connectivity index (χ1v) is 10.4. The highest BCUT2D eigenvalue weighted by atomic mass is 16.5. The zero-order valence-corrected chi connectivity index (χ0v) is 16.9. The molecule has 3 atom stereocenters. The maximum atomic E-state index is 13.2. The third-order valence-electron chi connectivity index (χ3n) is 6.28. The molecule has 2 aromatic rings. The maximum absolute atomic E-state index is 13.2. The van der Waals surface area contributed by atoms with Crippen molar-refractivity contribution >= 4 is 5.78 Å². The third-order valence-corrected chi connectivity index (χ3v) is 6.28. The summed E-state index contributed by atoms with van der Waals surface area (Å²) in [5, 5.41) is 0. The van der Waals surface area contributed by atoms with E-state index >= 15 is 0 Å². The summed E-state index contributed by atoms with van der Waals surface area (Å²) in [4.78, 5) is 18.2. The van der Waals surface area contributed by atoms with Crippen molar-refractivity contribution in [2.24, 2.45) is 0 Å². The Kier molecular flexibility index (Phi) is 5.79. The van der Waals surface area contributed by atoms with Crippen LogP contribution in [0.15, 0.2) is 54.6 Å². The summed E-state index contributed by atoms with van der Waals surface area (Å²) < 4.78 is 5.28. The summed E-state index contributed by atoms with van der Waals surface area (Å²) in [5.41, 5.74) is 2.54. The maximum Gasteiger partial charge on any atom is 0.151 e. The molecule has 2 bridgehead atoms. The van der Waals surface area contributed by atoms with E-state index in [1.54, 1.807) is 7.11 Å². The number of rotatable bonds is 6. The van der Waals surface area contributed by atoms with E-state index in [0.717, 1.165) is 38.3 Å². The predicted molar refractivity (Wildman–Crippen MR) is 112 cm³/mol. The van der Waals surface area contributed by atoms with Crippen LogP contribution in [0, 0.1) is 0 Å². The minimum absolute atomic E-state index is 0.00128. The molecule has 3 aliphatic rings. The van der Waals surface area contributed by atoms with E-state index in [-0.39, 0.29) is 12.0 Å². The molecule has 0 N–H and O–H groups in total. The van der Waals surface area contributed by atoms with Crippen LogP contribution < -0.4 is 4.74 Å². The van der Waals surface area contributed by atoms with Crippen molar-refractivity contribution in [3.05, 3.63) is 65.7 Å². The van der Waals surface area contributed by atoms with Gasteiger partial charge in [-0.3, -0.25) is 14.6 Å². The second-order valence-corrected chi connectivity index (χ2v) is 8.04. The van der Waals surface area contributed by atoms with Crippen molar-refractivity contribution in [1.82, 2.24) is 9.80 Å². The lowest BCUT2D eigenvalue weighted by Gasteiger charge is -2.45. The summed E-state index contributed by atoms with van der Waals surface area (Å²) in [6.07, 6.45) is 1.77. The number of benzene rings is 2. The summed E-state index contributed by atoms with van der Waals surface area (Å²) in [6, 6.07) is 19.2. The van der Waals surface area contributed by atoms with E-state index in [1.807, 2.05) is 12.1 Å². The van der Waals surface area contributed by atoms with Gasteiger partial charge in [0.1, 0.15) is 5.75 Å². The first kappa shape index (κ1) is 19.2. The van der Waals surface area contributed by atoms with Crippen LogP contribution >= 0.6 is 0 Å². The van der Waals surface area contributed by atoms with Crippen molar-refractivity contribution in [2.75, 3.05) is 26.7 Å². The Morgan fingerprint density at radius 3 is 2.43 bits per heavy atom. The number of carbonyl (C=O) groups excluding carboxylic acids is 1. The van der Waals surface area contributed by atoms with Crippen molar-refractivity contribution in [3.8, 4) is 5.75 Å². The van der Waals surface area contributed by atoms with Gasteiger partial charge in [0.2, 0.25) is 0 Å². The fraction of sp³-hybridized carbons (Fsp3) is 0.458. The van der Waals surface area contributed by atoms with Crippen LogP contribution in [0.4, 0.5) is 0 Å². The Labute approximate surface area is 168 Å². The van der Waals surface area contributed by atoms with Gasteiger partial charge in [0.05, 0.1) is 13.2 Å². The largest absolute Gasteiger partial charge is 0.497 e. The summed E-state index contributed by atoms with van der Waals surface area (Å²) in [5.74, 6) is 1.55. The number of carbonyl (C=O) groups is 1. The molecule has 2 unspecified atom stereocenters. The quantitative estimate of drug-likeness (QED) is 0.767. The molecule has 4 heteroatoms. The van der Waals surface area contributed by atoms with Gasteiger partial charge in [0.15, 0.2) is 5.78 Å². The second-order valence-electron chi connectivity index (χ2n) is 8.04. The number of methoxy groups -OCH3 is 1. The molecule has 0 amide bonds. The topological polar surface area (TPSA) is 32.8 Å². The first-order chi connectivity index (χ1) is 13.7. The number of piperazine rings is 1. The van der Waals surface area contributed by atoms with Crippen molar-refractivity contribution in [2.45, 2.75) is 44.3 Å².